The van der Waals surface area contributed by atoms with Gasteiger partial charge in [-0.2, -0.15) is 0 Å². The molecule has 0 N–H and O–H groups in total. The largest absolute Gasteiger partial charge is 0.444 e. The van der Waals surface area contributed by atoms with Gasteiger partial charge in [-0.3, -0.25) is 0 Å². The van der Waals surface area contributed by atoms with Gasteiger partial charge in [-0.15, -0.1) is 0 Å². The summed E-state index contributed by atoms with van der Waals surface area (Å²) >= 11 is 0. The van der Waals surface area contributed by atoms with Gasteiger partial charge in [0.15, 0.2) is 0 Å². The van der Waals surface area contributed by atoms with Gasteiger partial charge in [0, 0.05) is 17.2 Å². The topological polar surface area (TPSA) is 29.5 Å². The van der Waals surface area contributed by atoms with Gasteiger partial charge in [0.1, 0.15) is 5.60 Å². The molecule has 1 amide bonds. The second-order valence-electron chi connectivity index (χ2n) is 5.21. The number of hydrogen-bond donors (Lipinski definition) is 0. The molecule has 0 aliphatic carbocycles. The summed E-state index contributed by atoms with van der Waals surface area (Å²) in [5.41, 5.74) is -1.36. The fourth-order valence-electron chi connectivity index (χ4n) is 1.44. The van der Waals surface area contributed by atoms with Crippen LogP contribution in [-0.2, 0) is 4.74 Å². The summed E-state index contributed by atoms with van der Waals surface area (Å²) < 4.78 is 27.7. The molecule has 0 aromatic rings. The Morgan fingerprint density at radius 2 is 2.21 bits per heavy atom. The Labute approximate surface area is 90.6 Å². The average molecular weight is 202 g/mol. The molecule has 0 radical (unpaired) electrons. The molecule has 1 rings (SSSR count). The van der Waals surface area contributed by atoms with Crippen LogP contribution in [0.2, 0.25) is 0 Å². The molecule has 0 saturated carbocycles. The van der Waals surface area contributed by atoms with Gasteiger partial charge >= 0.3 is 6.09 Å². The van der Waals surface area contributed by atoms with Crippen LogP contribution in [-0.4, -0.2) is 29.7 Å². The van der Waals surface area contributed by atoms with E-state index in [9.17, 15) is 4.79 Å². The maximum Gasteiger partial charge on any atom is 0.410 e. The lowest BCUT2D eigenvalue weighted by Crippen LogP contribution is -2.36. The van der Waals surface area contributed by atoms with Crippen LogP contribution in [0.4, 0.5) is 4.79 Å². The van der Waals surface area contributed by atoms with Crippen LogP contribution < -0.4 is 0 Å². The minimum absolute atomic E-state index is 0.235. The fraction of sp³-hybridized carbons (Fsp3) is 0.909. The molecule has 1 aliphatic heterocycles. The summed E-state index contributed by atoms with van der Waals surface area (Å²) in [6.07, 6.45) is 0.0633. The molecule has 14 heavy (non-hydrogen) atoms. The van der Waals surface area contributed by atoms with Gasteiger partial charge < -0.3 is 9.64 Å². The van der Waals surface area contributed by atoms with E-state index in [1.807, 2.05) is 0 Å². The monoisotopic (exact) mass is 202 g/mol. The highest BCUT2D eigenvalue weighted by Crippen LogP contribution is 2.29. The maximum atomic E-state index is 11.8. The third-order valence-corrected chi connectivity index (χ3v) is 2.13. The normalized spacial score (nSPS) is 32.0. The first kappa shape index (κ1) is 7.55. The Bertz CT molecular complexity index is 309. The zero-order chi connectivity index (χ0) is 13.5. The Morgan fingerprint density at radius 1 is 1.57 bits per heavy atom. The van der Waals surface area contributed by atoms with Crippen molar-refractivity contribution < 1.29 is 13.6 Å². The van der Waals surface area contributed by atoms with E-state index in [0.717, 1.165) is 0 Å². The van der Waals surface area contributed by atoms with Gasteiger partial charge in [0.2, 0.25) is 0 Å². The van der Waals surface area contributed by atoms with Crippen LogP contribution in [0.3, 0.4) is 0 Å². The van der Waals surface area contributed by atoms with Crippen molar-refractivity contribution in [2.45, 2.75) is 46.6 Å². The van der Waals surface area contributed by atoms with Gasteiger partial charge in [0.25, 0.3) is 0 Å². The Kier molecular flexibility index (Phi) is 1.86. The van der Waals surface area contributed by atoms with Crippen LogP contribution in [0.1, 0.15) is 45.1 Å². The number of rotatable bonds is 0. The summed E-state index contributed by atoms with van der Waals surface area (Å²) in [6.45, 7) is 5.73. The first-order chi connectivity index (χ1) is 7.45. The Balaban J connectivity index is 2.65. The van der Waals surface area contributed by atoms with Gasteiger partial charge in [-0.05, 0) is 32.6 Å². The lowest BCUT2D eigenvalue weighted by Gasteiger charge is -2.25. The number of likely N-dealkylation sites (tertiary alicyclic amines) is 1. The highest BCUT2D eigenvalue weighted by molar-refractivity contribution is 5.68. The molecule has 82 valence electrons. The van der Waals surface area contributed by atoms with Crippen molar-refractivity contribution in [1.29, 1.82) is 0 Å². The van der Waals surface area contributed by atoms with Gasteiger partial charge in [-0.1, -0.05) is 13.8 Å². The number of carbonyl (C=O) groups excluding carboxylic acids is 1. The average Bonchev–Trinajstić information content (AvgIpc) is 2.44. The Hall–Kier alpha value is -0.730. The molecular formula is C11H21NO2. The molecular weight excluding hydrogens is 178 g/mol. The molecule has 3 heteroatoms. The summed E-state index contributed by atoms with van der Waals surface area (Å²) in [5.74, 6) is 0. The molecule has 3 nitrogen and oxygen atoms in total. The molecule has 0 bridgehead atoms. The van der Waals surface area contributed by atoms with E-state index in [1.54, 1.807) is 27.7 Å². The third kappa shape index (κ3) is 3.20. The smallest absolute Gasteiger partial charge is 0.410 e. The maximum absolute atomic E-state index is 11.8. The highest BCUT2D eigenvalue weighted by Gasteiger charge is 2.34. The summed E-state index contributed by atoms with van der Waals surface area (Å²) in [7, 11) is 0. The zero-order valence-electron chi connectivity index (χ0n) is 12.4. The molecule has 1 aliphatic rings. The summed E-state index contributed by atoms with van der Waals surface area (Å²) in [6, 6.07) is 0. The number of nitrogens with zero attached hydrogens (tertiary/aromatic N) is 1. The predicted molar refractivity (Wildman–Crippen MR) is 56.2 cm³/mol. The van der Waals surface area contributed by atoms with E-state index in [1.165, 1.54) is 4.90 Å². The van der Waals surface area contributed by atoms with Crippen LogP contribution in [0.15, 0.2) is 0 Å². The van der Waals surface area contributed by atoms with Gasteiger partial charge in [0.05, 0.1) is 0 Å². The number of amides is 1. The van der Waals surface area contributed by atoms with E-state index in [2.05, 4.69) is 0 Å². The molecule has 1 unspecified atom stereocenters. The molecule has 1 heterocycles. The van der Waals surface area contributed by atoms with Crippen LogP contribution in [0.5, 0.6) is 0 Å². The van der Waals surface area contributed by atoms with E-state index in [0.29, 0.717) is 13.0 Å². The molecule has 0 aromatic carbocycles. The summed E-state index contributed by atoms with van der Waals surface area (Å²) in [5, 5.41) is 0. The Morgan fingerprint density at radius 3 is 2.64 bits per heavy atom. The van der Waals surface area contributed by atoms with Crippen LogP contribution >= 0.6 is 0 Å². The number of carbonyl (C=O) groups is 1. The molecule has 0 aromatic heterocycles. The van der Waals surface area contributed by atoms with E-state index in [-0.39, 0.29) is 6.54 Å². The lowest BCUT2D eigenvalue weighted by molar-refractivity contribution is 0.0278. The standard InChI is InChI=1S/C11H21NO2/c1-10(2,3)14-9(13)12-7-6-11(4,5)8-12/h6-8H2,1-5H3/i4D3. The van der Waals surface area contributed by atoms with Crippen LogP contribution in [0.25, 0.3) is 0 Å². The number of ether oxygens (including phenoxy) is 1. The van der Waals surface area contributed by atoms with Crippen molar-refractivity contribution in [2.24, 2.45) is 5.41 Å². The quantitative estimate of drug-likeness (QED) is 0.604. The second kappa shape index (κ2) is 3.44. The molecule has 1 saturated heterocycles. The first-order valence-electron chi connectivity index (χ1n) is 6.43. The summed E-state index contributed by atoms with van der Waals surface area (Å²) in [4.78, 5) is 13.3. The number of hydrogen-bond acceptors (Lipinski definition) is 2. The van der Waals surface area contributed by atoms with Crippen molar-refractivity contribution in [3.8, 4) is 0 Å². The molecule has 1 atom stereocenters. The van der Waals surface area contributed by atoms with Crippen molar-refractivity contribution in [1.82, 2.24) is 4.90 Å². The van der Waals surface area contributed by atoms with Crippen molar-refractivity contribution in [2.75, 3.05) is 13.1 Å². The lowest BCUT2D eigenvalue weighted by atomic mass is 9.93. The SMILES string of the molecule is [2H]C([2H])([2H])C1(C)CCN(C(=O)OC(C)(C)C)C1. The van der Waals surface area contributed by atoms with E-state index >= 15 is 0 Å². The third-order valence-electron chi connectivity index (χ3n) is 2.13. The second-order valence-corrected chi connectivity index (χ2v) is 5.21. The predicted octanol–water partition coefficient (Wildman–Crippen LogP) is 2.65. The van der Waals surface area contributed by atoms with E-state index < -0.39 is 24.0 Å². The van der Waals surface area contributed by atoms with Crippen molar-refractivity contribution in [3.05, 3.63) is 0 Å². The fourth-order valence-corrected chi connectivity index (χ4v) is 1.44. The minimum Gasteiger partial charge on any atom is -0.444 e. The van der Waals surface area contributed by atoms with Gasteiger partial charge in [-0.25, -0.2) is 4.79 Å². The van der Waals surface area contributed by atoms with E-state index in [4.69, 9.17) is 8.85 Å². The van der Waals surface area contributed by atoms with Crippen molar-refractivity contribution >= 4 is 6.09 Å². The highest BCUT2D eigenvalue weighted by atomic mass is 16.6. The van der Waals surface area contributed by atoms with Crippen molar-refractivity contribution in [3.63, 3.8) is 0 Å². The first-order valence-corrected chi connectivity index (χ1v) is 4.93. The minimum atomic E-state index is -2.04. The van der Waals surface area contributed by atoms with Crippen LogP contribution in [0, 0.1) is 5.41 Å². The molecule has 0 spiro atoms. The zero-order valence-corrected chi connectivity index (χ0v) is 9.39. The molecule has 1 fully saturated rings.